The van der Waals surface area contributed by atoms with E-state index < -0.39 is 28.5 Å². The van der Waals surface area contributed by atoms with Gasteiger partial charge in [0.05, 0.1) is 21.0 Å². The van der Waals surface area contributed by atoms with Gasteiger partial charge in [-0.05, 0) is 54.6 Å². The summed E-state index contributed by atoms with van der Waals surface area (Å²) in [7, 11) is -3.82. The van der Waals surface area contributed by atoms with E-state index in [4.69, 9.17) is 21.6 Å². The number of ether oxygens (including phenoxy) is 1. The second-order valence-corrected chi connectivity index (χ2v) is 8.52. The van der Waals surface area contributed by atoms with Crippen molar-refractivity contribution in [3.8, 4) is 6.07 Å². The molecule has 3 aromatic rings. The normalized spacial score (nSPS) is 10.6. The minimum absolute atomic E-state index is 0.0339. The van der Waals surface area contributed by atoms with Crippen molar-refractivity contribution in [1.29, 1.82) is 5.26 Å². The first-order valence-corrected chi connectivity index (χ1v) is 11.0. The largest absolute Gasteiger partial charge is 0.452 e. The number of hydrogen-bond donors (Lipinski definition) is 2. The predicted octanol–water partition coefficient (Wildman–Crippen LogP) is 3.81. The third kappa shape index (κ3) is 5.85. The van der Waals surface area contributed by atoms with Gasteiger partial charge in [-0.1, -0.05) is 29.8 Å². The lowest BCUT2D eigenvalue weighted by atomic mass is 10.2. The number of sulfonamides is 1. The molecule has 8 nitrogen and oxygen atoms in total. The molecule has 0 aliphatic rings. The zero-order valence-electron chi connectivity index (χ0n) is 16.4. The molecule has 2 N–H and O–H groups in total. The van der Waals surface area contributed by atoms with E-state index in [0.717, 1.165) is 0 Å². The number of rotatable bonds is 7. The molecule has 0 bridgehead atoms. The Kier molecular flexibility index (Phi) is 7.10. The van der Waals surface area contributed by atoms with Gasteiger partial charge < -0.3 is 10.1 Å². The van der Waals surface area contributed by atoms with Crippen molar-refractivity contribution in [2.24, 2.45) is 0 Å². The average molecular weight is 470 g/mol. The number of carbonyl (C=O) groups excluding carboxylic acids is 2. The maximum absolute atomic E-state index is 12.4. The molecular formula is C22H16ClN3O5S. The molecule has 32 heavy (non-hydrogen) atoms. The smallest absolute Gasteiger partial charge is 0.338 e. The predicted molar refractivity (Wildman–Crippen MR) is 119 cm³/mol. The third-order valence-corrected chi connectivity index (χ3v) is 5.84. The first-order valence-electron chi connectivity index (χ1n) is 9.13. The SMILES string of the molecule is N#Cc1ccc(NC(=O)COC(=O)c2ccc(S(=O)(=O)Nc3ccccc3)cc2)cc1Cl. The van der Waals surface area contributed by atoms with Crippen molar-refractivity contribution in [1.82, 2.24) is 0 Å². The van der Waals surface area contributed by atoms with E-state index in [-0.39, 0.29) is 21.0 Å². The monoisotopic (exact) mass is 469 g/mol. The summed E-state index contributed by atoms with van der Waals surface area (Å²) in [6, 6.07) is 19.7. The lowest BCUT2D eigenvalue weighted by Gasteiger charge is -2.09. The first kappa shape index (κ1) is 22.8. The molecule has 0 saturated heterocycles. The molecule has 0 unspecified atom stereocenters. The van der Waals surface area contributed by atoms with Gasteiger partial charge in [0.25, 0.3) is 15.9 Å². The molecule has 0 spiro atoms. The zero-order chi connectivity index (χ0) is 23.1. The molecule has 0 atom stereocenters. The van der Waals surface area contributed by atoms with Crippen LogP contribution in [0.1, 0.15) is 15.9 Å². The maximum Gasteiger partial charge on any atom is 0.338 e. The molecule has 1 amide bonds. The van der Waals surface area contributed by atoms with Crippen LogP contribution >= 0.6 is 11.6 Å². The number of nitrogens with zero attached hydrogens (tertiary/aromatic N) is 1. The van der Waals surface area contributed by atoms with E-state index in [2.05, 4.69) is 10.0 Å². The maximum atomic E-state index is 12.4. The van der Waals surface area contributed by atoms with Gasteiger partial charge in [0.15, 0.2) is 6.61 Å². The highest BCUT2D eigenvalue weighted by Crippen LogP contribution is 2.20. The van der Waals surface area contributed by atoms with Crippen molar-refractivity contribution < 1.29 is 22.7 Å². The van der Waals surface area contributed by atoms with Crippen molar-refractivity contribution in [3.05, 3.63) is 88.9 Å². The topological polar surface area (TPSA) is 125 Å². The molecule has 3 aromatic carbocycles. The Morgan fingerprint density at radius 1 is 0.969 bits per heavy atom. The van der Waals surface area contributed by atoms with E-state index in [9.17, 15) is 18.0 Å². The molecule has 0 radical (unpaired) electrons. The fourth-order valence-electron chi connectivity index (χ4n) is 2.59. The van der Waals surface area contributed by atoms with Gasteiger partial charge in [-0.15, -0.1) is 0 Å². The highest BCUT2D eigenvalue weighted by molar-refractivity contribution is 7.92. The lowest BCUT2D eigenvalue weighted by molar-refractivity contribution is -0.119. The highest BCUT2D eigenvalue weighted by atomic mass is 35.5. The number of halogens is 1. The van der Waals surface area contributed by atoms with E-state index >= 15 is 0 Å². The minimum atomic E-state index is -3.82. The van der Waals surface area contributed by atoms with Gasteiger partial charge in [0, 0.05) is 11.4 Å². The molecule has 0 saturated carbocycles. The van der Waals surface area contributed by atoms with Gasteiger partial charge in [-0.2, -0.15) is 5.26 Å². The summed E-state index contributed by atoms with van der Waals surface area (Å²) >= 11 is 5.90. The van der Waals surface area contributed by atoms with Crippen LogP contribution in [0.4, 0.5) is 11.4 Å². The van der Waals surface area contributed by atoms with Gasteiger partial charge >= 0.3 is 5.97 Å². The number of nitrogens with one attached hydrogen (secondary N) is 2. The number of nitriles is 1. The second kappa shape index (κ2) is 9.96. The lowest BCUT2D eigenvalue weighted by Crippen LogP contribution is -2.21. The Balaban J connectivity index is 1.57. The quantitative estimate of drug-likeness (QED) is 0.507. The zero-order valence-corrected chi connectivity index (χ0v) is 18.0. The van der Waals surface area contributed by atoms with Crippen LogP contribution in [0.5, 0.6) is 0 Å². The molecular weight excluding hydrogens is 454 g/mol. The Morgan fingerprint density at radius 2 is 1.66 bits per heavy atom. The van der Waals surface area contributed by atoms with Crippen LogP contribution in [0.3, 0.4) is 0 Å². The summed E-state index contributed by atoms with van der Waals surface area (Å²) < 4.78 is 32.2. The van der Waals surface area contributed by atoms with Crippen LogP contribution in [0.2, 0.25) is 5.02 Å². The minimum Gasteiger partial charge on any atom is -0.452 e. The molecule has 10 heteroatoms. The number of anilines is 2. The Bertz CT molecular complexity index is 1290. The molecule has 0 aliphatic carbocycles. The van der Waals surface area contributed by atoms with Gasteiger partial charge in [-0.3, -0.25) is 9.52 Å². The number of amides is 1. The highest BCUT2D eigenvalue weighted by Gasteiger charge is 2.16. The number of esters is 1. The molecule has 3 rings (SSSR count). The number of carbonyl (C=O) groups is 2. The van der Waals surface area contributed by atoms with Crippen molar-refractivity contribution in [2.45, 2.75) is 4.90 Å². The van der Waals surface area contributed by atoms with Crippen molar-refractivity contribution in [2.75, 3.05) is 16.6 Å². The summed E-state index contributed by atoms with van der Waals surface area (Å²) in [4.78, 5) is 24.1. The number of para-hydroxylation sites is 1. The molecule has 0 aromatic heterocycles. The van der Waals surface area contributed by atoms with Crippen LogP contribution in [0.15, 0.2) is 77.7 Å². The van der Waals surface area contributed by atoms with Gasteiger partial charge in [-0.25, -0.2) is 13.2 Å². The van der Waals surface area contributed by atoms with E-state index in [0.29, 0.717) is 11.4 Å². The summed E-state index contributed by atoms with van der Waals surface area (Å²) in [5.41, 5.74) is 1.10. The van der Waals surface area contributed by atoms with Crippen LogP contribution in [-0.2, 0) is 19.6 Å². The van der Waals surface area contributed by atoms with Crippen LogP contribution in [-0.4, -0.2) is 26.9 Å². The average Bonchev–Trinajstić information content (AvgIpc) is 2.78. The molecule has 0 aliphatic heterocycles. The van der Waals surface area contributed by atoms with E-state index in [1.54, 1.807) is 30.3 Å². The van der Waals surface area contributed by atoms with Gasteiger partial charge in [0.2, 0.25) is 0 Å². The Labute approximate surface area is 189 Å². The third-order valence-electron chi connectivity index (χ3n) is 4.13. The number of benzene rings is 3. The van der Waals surface area contributed by atoms with Crippen LogP contribution in [0.25, 0.3) is 0 Å². The molecule has 162 valence electrons. The Morgan fingerprint density at radius 3 is 2.28 bits per heavy atom. The van der Waals surface area contributed by atoms with Crippen molar-refractivity contribution in [3.63, 3.8) is 0 Å². The molecule has 0 fully saturated rings. The van der Waals surface area contributed by atoms with Crippen LogP contribution in [0, 0.1) is 11.3 Å². The van der Waals surface area contributed by atoms with E-state index in [1.165, 1.54) is 42.5 Å². The summed E-state index contributed by atoms with van der Waals surface area (Å²) in [5, 5.41) is 11.5. The fourth-order valence-corrected chi connectivity index (χ4v) is 3.87. The standard InChI is InChI=1S/C22H16ClN3O5S/c23-20-12-18(9-6-16(20)13-24)25-21(27)14-31-22(28)15-7-10-19(11-8-15)32(29,30)26-17-4-2-1-3-5-17/h1-12,26H,14H2,(H,25,27). The summed E-state index contributed by atoms with van der Waals surface area (Å²) in [6.45, 7) is -0.563. The number of hydrogen-bond acceptors (Lipinski definition) is 6. The summed E-state index contributed by atoms with van der Waals surface area (Å²) in [6.07, 6.45) is 0. The first-order chi connectivity index (χ1) is 15.3. The summed E-state index contributed by atoms with van der Waals surface area (Å²) in [5.74, 6) is -1.40. The van der Waals surface area contributed by atoms with Crippen LogP contribution < -0.4 is 10.0 Å². The van der Waals surface area contributed by atoms with Crippen molar-refractivity contribution >= 4 is 44.9 Å². The Hall–Kier alpha value is -3.87. The molecule has 0 heterocycles. The fraction of sp³-hybridized carbons (Fsp3) is 0.0455. The second-order valence-electron chi connectivity index (χ2n) is 6.43. The van der Waals surface area contributed by atoms with Gasteiger partial charge in [0.1, 0.15) is 6.07 Å². The van der Waals surface area contributed by atoms with E-state index in [1.807, 2.05) is 6.07 Å².